The first-order valence-electron chi connectivity index (χ1n) is 11.5. The average molecular weight is 527 g/mol. The topological polar surface area (TPSA) is 97.9 Å². The summed E-state index contributed by atoms with van der Waals surface area (Å²) in [5.74, 6) is -1.87. The Kier molecular flexibility index (Phi) is 5.85. The van der Waals surface area contributed by atoms with E-state index in [4.69, 9.17) is 15.2 Å². The Hall–Kier alpha value is -4.96. The SMILES string of the molecule is Nc1c(C(=O)Nc2c[n+](-c3ccccc3)no2)sc2nc(-c3ccccc3)cc(-c3ccc(F)cc3F)c12. The number of nitrogen functional groups attached to an aromatic ring is 1. The number of nitrogens with two attached hydrogens (primary N) is 1. The second-order valence-corrected chi connectivity index (χ2v) is 9.37. The number of rotatable bonds is 5. The third-order valence-electron chi connectivity index (χ3n) is 5.92. The minimum atomic E-state index is -0.750. The van der Waals surface area contributed by atoms with Crippen LogP contribution in [0, 0.1) is 11.6 Å². The summed E-state index contributed by atoms with van der Waals surface area (Å²) in [4.78, 5) is 18.6. The number of hydrogen-bond donors (Lipinski definition) is 2. The highest BCUT2D eigenvalue weighted by atomic mass is 32.1. The van der Waals surface area contributed by atoms with Gasteiger partial charge >= 0.3 is 5.88 Å². The minimum absolute atomic E-state index is 0.110. The highest BCUT2D eigenvalue weighted by Crippen LogP contribution is 2.42. The van der Waals surface area contributed by atoms with Gasteiger partial charge in [-0.05, 0) is 28.4 Å². The molecule has 0 atom stereocenters. The Morgan fingerprint density at radius 3 is 2.42 bits per heavy atom. The monoisotopic (exact) mass is 526 g/mol. The lowest BCUT2D eigenvalue weighted by atomic mass is 9.99. The van der Waals surface area contributed by atoms with Crippen molar-refractivity contribution >= 4 is 39.0 Å². The molecule has 3 N–H and O–H groups in total. The molecule has 0 aliphatic rings. The molecule has 3 aromatic heterocycles. The van der Waals surface area contributed by atoms with Gasteiger partial charge in [0.2, 0.25) is 11.0 Å². The number of para-hydroxylation sites is 1. The number of nitrogens with one attached hydrogen (secondary N) is 1. The second kappa shape index (κ2) is 9.49. The van der Waals surface area contributed by atoms with E-state index in [0.29, 0.717) is 21.5 Å². The molecular formula is C28H18F2N5O2S+. The number of fused-ring (bicyclic) bond motifs is 1. The lowest BCUT2D eigenvalue weighted by Gasteiger charge is -2.10. The molecule has 3 heterocycles. The van der Waals surface area contributed by atoms with Crippen LogP contribution in [0.2, 0.25) is 0 Å². The van der Waals surface area contributed by atoms with Crippen molar-refractivity contribution < 1.29 is 22.8 Å². The largest absolute Gasteiger partial charge is 0.397 e. The maximum atomic E-state index is 14.9. The third-order valence-corrected chi connectivity index (χ3v) is 7.02. The summed E-state index contributed by atoms with van der Waals surface area (Å²) in [6.07, 6.45) is 1.53. The fourth-order valence-electron chi connectivity index (χ4n) is 4.14. The van der Waals surface area contributed by atoms with E-state index >= 15 is 0 Å². The number of anilines is 2. The molecule has 186 valence electrons. The van der Waals surface area contributed by atoms with E-state index in [-0.39, 0.29) is 22.0 Å². The number of pyridine rings is 1. The Labute approximate surface area is 218 Å². The Balaban J connectivity index is 1.44. The molecular weight excluding hydrogens is 508 g/mol. The van der Waals surface area contributed by atoms with Crippen LogP contribution in [0.4, 0.5) is 20.4 Å². The third kappa shape index (κ3) is 4.27. The van der Waals surface area contributed by atoms with Gasteiger partial charge in [0.15, 0.2) is 0 Å². The van der Waals surface area contributed by atoms with Crippen molar-refractivity contribution in [2.45, 2.75) is 0 Å². The van der Waals surface area contributed by atoms with Gasteiger partial charge in [-0.25, -0.2) is 13.8 Å². The van der Waals surface area contributed by atoms with E-state index in [9.17, 15) is 13.6 Å². The first-order chi connectivity index (χ1) is 18.5. The van der Waals surface area contributed by atoms with Crippen LogP contribution in [0.5, 0.6) is 0 Å². The standard InChI is InChI=1S/C28H17F2N5O2S/c29-17-11-12-19(21(30)13-17)20-14-22(16-7-3-1-4-8-16)32-28-24(20)25(31)26(38-28)27(36)33-23-15-35(34-37-23)18-9-5-2-6-10-18/h1-15H,(H2-,31,33,34,36)/p+1. The van der Waals surface area contributed by atoms with Crippen molar-refractivity contribution in [3.63, 3.8) is 0 Å². The average Bonchev–Trinajstić information content (AvgIpc) is 3.54. The number of amides is 1. The quantitative estimate of drug-likeness (QED) is 0.268. The summed E-state index contributed by atoms with van der Waals surface area (Å²) >= 11 is 1.07. The molecule has 0 fully saturated rings. The number of carbonyl (C=O) groups is 1. The van der Waals surface area contributed by atoms with E-state index in [2.05, 4.69) is 10.6 Å². The fourth-order valence-corrected chi connectivity index (χ4v) is 5.15. The normalized spacial score (nSPS) is 11.1. The molecule has 0 aliphatic carbocycles. The molecule has 38 heavy (non-hydrogen) atoms. The van der Waals surface area contributed by atoms with E-state index in [1.54, 1.807) is 6.07 Å². The highest BCUT2D eigenvalue weighted by Gasteiger charge is 2.25. The van der Waals surface area contributed by atoms with E-state index in [1.807, 2.05) is 60.7 Å². The van der Waals surface area contributed by atoms with E-state index < -0.39 is 17.5 Å². The molecule has 0 bridgehead atoms. The molecule has 3 aromatic carbocycles. The van der Waals surface area contributed by atoms with Crippen LogP contribution in [0.1, 0.15) is 9.67 Å². The number of thiophene rings is 1. The van der Waals surface area contributed by atoms with Gasteiger partial charge in [-0.2, -0.15) is 0 Å². The summed E-state index contributed by atoms with van der Waals surface area (Å²) in [6, 6.07) is 23.6. The molecule has 0 unspecified atom stereocenters. The molecule has 7 nitrogen and oxygen atoms in total. The van der Waals surface area contributed by atoms with Gasteiger partial charge in [0.25, 0.3) is 12.1 Å². The fraction of sp³-hybridized carbons (Fsp3) is 0. The van der Waals surface area contributed by atoms with Crippen LogP contribution in [-0.4, -0.2) is 16.2 Å². The van der Waals surface area contributed by atoms with Crippen LogP contribution >= 0.6 is 11.3 Å². The number of benzene rings is 3. The zero-order chi connectivity index (χ0) is 26.2. The van der Waals surface area contributed by atoms with Crippen molar-refractivity contribution in [3.8, 4) is 28.1 Å². The summed E-state index contributed by atoms with van der Waals surface area (Å²) in [5.41, 5.74) is 9.24. The van der Waals surface area contributed by atoms with Gasteiger partial charge in [-0.15, -0.1) is 11.3 Å². The van der Waals surface area contributed by atoms with Crippen LogP contribution < -0.4 is 15.7 Å². The predicted molar refractivity (Wildman–Crippen MR) is 141 cm³/mol. The van der Waals surface area contributed by atoms with Crippen LogP contribution in [-0.2, 0) is 0 Å². The molecule has 10 heteroatoms. The smallest absolute Gasteiger partial charge is 0.303 e. The van der Waals surface area contributed by atoms with Gasteiger partial charge in [0, 0.05) is 34.7 Å². The first-order valence-corrected chi connectivity index (χ1v) is 12.3. The van der Waals surface area contributed by atoms with Crippen molar-refractivity contribution in [3.05, 3.63) is 108 Å². The predicted octanol–water partition coefficient (Wildman–Crippen LogP) is 6.01. The molecule has 0 saturated carbocycles. The summed E-state index contributed by atoms with van der Waals surface area (Å²) in [7, 11) is 0. The zero-order valence-corrected chi connectivity index (χ0v) is 20.4. The number of halogens is 2. The molecule has 0 spiro atoms. The zero-order valence-electron chi connectivity index (χ0n) is 19.6. The van der Waals surface area contributed by atoms with Gasteiger partial charge in [0.1, 0.15) is 21.3 Å². The lowest BCUT2D eigenvalue weighted by Crippen LogP contribution is -2.31. The molecule has 6 aromatic rings. The van der Waals surface area contributed by atoms with Gasteiger partial charge in [0.05, 0.1) is 11.4 Å². The van der Waals surface area contributed by atoms with Gasteiger partial charge in [-0.3, -0.25) is 14.6 Å². The minimum Gasteiger partial charge on any atom is -0.397 e. The summed E-state index contributed by atoms with van der Waals surface area (Å²) in [5, 5.41) is 7.00. The van der Waals surface area contributed by atoms with Crippen molar-refractivity contribution in [2.24, 2.45) is 0 Å². The van der Waals surface area contributed by atoms with Crippen molar-refractivity contribution in [1.29, 1.82) is 0 Å². The van der Waals surface area contributed by atoms with E-state index in [1.165, 1.54) is 23.0 Å². The van der Waals surface area contributed by atoms with Crippen LogP contribution in [0.3, 0.4) is 0 Å². The molecule has 0 radical (unpaired) electrons. The number of nitrogens with zero attached hydrogens (tertiary/aromatic N) is 3. The van der Waals surface area contributed by atoms with Crippen LogP contribution in [0.25, 0.3) is 38.3 Å². The Morgan fingerprint density at radius 2 is 1.68 bits per heavy atom. The van der Waals surface area contributed by atoms with E-state index in [0.717, 1.165) is 28.7 Å². The molecule has 6 rings (SSSR count). The molecule has 1 amide bonds. The number of carbonyl (C=O) groups excluding carboxylic acids is 1. The Morgan fingerprint density at radius 1 is 0.947 bits per heavy atom. The van der Waals surface area contributed by atoms with Crippen LogP contribution in [0.15, 0.2) is 95.6 Å². The summed E-state index contributed by atoms with van der Waals surface area (Å²) in [6.45, 7) is 0. The van der Waals surface area contributed by atoms with Crippen molar-refractivity contribution in [2.75, 3.05) is 11.1 Å². The lowest BCUT2D eigenvalue weighted by molar-refractivity contribution is -0.670. The van der Waals surface area contributed by atoms with Gasteiger partial charge in [-0.1, -0.05) is 48.5 Å². The first kappa shape index (κ1) is 23.4. The maximum Gasteiger partial charge on any atom is 0.303 e. The van der Waals surface area contributed by atoms with Crippen molar-refractivity contribution in [1.82, 2.24) is 10.3 Å². The molecule has 0 saturated heterocycles. The molecule has 0 aliphatic heterocycles. The second-order valence-electron chi connectivity index (χ2n) is 8.37. The Bertz CT molecular complexity index is 1800. The maximum absolute atomic E-state index is 14.9. The highest BCUT2D eigenvalue weighted by molar-refractivity contribution is 7.21. The number of aromatic nitrogens is 3. The number of hydrogen-bond acceptors (Lipinski definition) is 6. The van der Waals surface area contributed by atoms with Gasteiger partial charge < -0.3 is 5.73 Å². The summed E-state index contributed by atoms with van der Waals surface area (Å²) < 4.78 is 35.4.